The van der Waals surface area contributed by atoms with E-state index in [9.17, 15) is 15.0 Å². The van der Waals surface area contributed by atoms with Crippen LogP contribution in [0.25, 0.3) is 0 Å². The topological polar surface area (TPSA) is 69.6 Å². The van der Waals surface area contributed by atoms with E-state index in [-0.39, 0.29) is 22.6 Å². The third kappa shape index (κ3) is 9.44. The number of hydrogen-bond donors (Lipinski definition) is 3. The van der Waals surface area contributed by atoms with Crippen LogP contribution < -0.4 is 5.32 Å². The van der Waals surface area contributed by atoms with E-state index in [0.717, 1.165) is 0 Å². The Kier molecular flexibility index (Phi) is 5.98. The lowest BCUT2D eigenvalue weighted by Gasteiger charge is -2.28. The number of hydrogen-bond acceptors (Lipinski definition) is 4. The fourth-order valence-corrected chi connectivity index (χ4v) is 2.58. The molecule has 0 radical (unpaired) electrons. The van der Waals surface area contributed by atoms with E-state index in [4.69, 9.17) is 0 Å². The normalized spacial score (nSPS) is 14.9. The highest BCUT2D eigenvalue weighted by molar-refractivity contribution is 8.01. The van der Waals surface area contributed by atoms with Crippen molar-refractivity contribution in [1.82, 2.24) is 5.32 Å². The Labute approximate surface area is 108 Å². The lowest BCUT2D eigenvalue weighted by atomic mass is 10.1. The molecule has 0 aliphatic carbocycles. The van der Waals surface area contributed by atoms with Gasteiger partial charge in [0.25, 0.3) is 0 Å². The molecule has 0 saturated carbocycles. The number of nitrogens with one attached hydrogen (secondary N) is 1. The highest BCUT2D eigenvalue weighted by atomic mass is 32.2. The molecule has 4 nitrogen and oxygen atoms in total. The molecular formula is C12H25NO3S. The van der Waals surface area contributed by atoms with Gasteiger partial charge in [-0.05, 0) is 20.8 Å². The summed E-state index contributed by atoms with van der Waals surface area (Å²) in [5.41, 5.74) is -0.297. The van der Waals surface area contributed by atoms with Crippen molar-refractivity contribution in [1.29, 1.82) is 0 Å². The SMILES string of the molecule is CC(C)(C)NC(=O)CC(SC(C)(C)C)C(O)O. The largest absolute Gasteiger partial charge is 0.367 e. The van der Waals surface area contributed by atoms with E-state index in [2.05, 4.69) is 5.32 Å². The van der Waals surface area contributed by atoms with Crippen LogP contribution in [0.4, 0.5) is 0 Å². The molecule has 0 spiro atoms. The molecule has 0 fully saturated rings. The average molecular weight is 263 g/mol. The van der Waals surface area contributed by atoms with Crippen molar-refractivity contribution in [2.24, 2.45) is 0 Å². The average Bonchev–Trinajstić information content (AvgIpc) is 1.95. The number of aliphatic hydroxyl groups is 2. The molecule has 0 aromatic rings. The molecule has 1 unspecified atom stereocenters. The van der Waals surface area contributed by atoms with E-state index < -0.39 is 11.5 Å². The van der Waals surface area contributed by atoms with Crippen LogP contribution in [0.5, 0.6) is 0 Å². The molecule has 0 bridgehead atoms. The summed E-state index contributed by atoms with van der Waals surface area (Å²) in [5, 5.41) is 20.9. The Balaban J connectivity index is 4.41. The third-order valence-electron chi connectivity index (χ3n) is 1.74. The second-order valence-electron chi connectivity index (χ2n) is 6.18. The molecule has 0 aromatic heterocycles. The summed E-state index contributed by atoms with van der Waals surface area (Å²) in [7, 11) is 0. The molecule has 1 atom stereocenters. The molecule has 102 valence electrons. The van der Waals surface area contributed by atoms with Crippen LogP contribution in [0, 0.1) is 0 Å². The maximum absolute atomic E-state index is 11.7. The molecule has 0 aliphatic rings. The Bertz CT molecular complexity index is 253. The van der Waals surface area contributed by atoms with Crippen molar-refractivity contribution in [3.63, 3.8) is 0 Å². The summed E-state index contributed by atoms with van der Waals surface area (Å²) >= 11 is 1.40. The Morgan fingerprint density at radius 3 is 1.94 bits per heavy atom. The van der Waals surface area contributed by atoms with Crippen molar-refractivity contribution < 1.29 is 15.0 Å². The Morgan fingerprint density at radius 2 is 1.65 bits per heavy atom. The second-order valence-corrected chi connectivity index (χ2v) is 8.25. The summed E-state index contributed by atoms with van der Waals surface area (Å²) in [6.07, 6.45) is -1.37. The fraction of sp³-hybridized carbons (Fsp3) is 0.917. The van der Waals surface area contributed by atoms with Gasteiger partial charge in [-0.2, -0.15) is 0 Å². The number of carbonyl (C=O) groups excluding carboxylic acids is 1. The van der Waals surface area contributed by atoms with Crippen molar-refractivity contribution in [2.45, 2.75) is 69.8 Å². The van der Waals surface area contributed by atoms with Crippen LogP contribution >= 0.6 is 11.8 Å². The van der Waals surface area contributed by atoms with E-state index in [1.54, 1.807) is 0 Å². The van der Waals surface area contributed by atoms with Crippen LogP contribution in [0.3, 0.4) is 0 Å². The maximum atomic E-state index is 11.7. The van der Waals surface area contributed by atoms with Gasteiger partial charge in [0.2, 0.25) is 5.91 Å². The van der Waals surface area contributed by atoms with Crippen LogP contribution in [0.1, 0.15) is 48.0 Å². The zero-order valence-corrected chi connectivity index (χ0v) is 12.4. The summed E-state index contributed by atoms with van der Waals surface area (Å²) in [6, 6.07) is 0. The van der Waals surface area contributed by atoms with Crippen LogP contribution in [-0.4, -0.2) is 37.9 Å². The lowest BCUT2D eigenvalue weighted by molar-refractivity contribution is -0.124. The predicted molar refractivity (Wildman–Crippen MR) is 71.9 cm³/mol. The first-order valence-corrected chi connectivity index (χ1v) is 6.64. The first-order chi connectivity index (χ1) is 7.41. The van der Waals surface area contributed by atoms with Gasteiger partial charge in [-0.25, -0.2) is 0 Å². The highest BCUT2D eigenvalue weighted by Crippen LogP contribution is 2.31. The quantitative estimate of drug-likeness (QED) is 0.672. The van der Waals surface area contributed by atoms with Gasteiger partial charge >= 0.3 is 0 Å². The van der Waals surface area contributed by atoms with Crippen LogP contribution in [0.2, 0.25) is 0 Å². The molecule has 17 heavy (non-hydrogen) atoms. The van der Waals surface area contributed by atoms with E-state index in [1.165, 1.54) is 11.8 Å². The fourth-order valence-electron chi connectivity index (χ4n) is 1.31. The minimum absolute atomic E-state index is 0.108. The van der Waals surface area contributed by atoms with Gasteiger partial charge in [-0.1, -0.05) is 20.8 Å². The van der Waals surface area contributed by atoms with Crippen molar-refractivity contribution in [3.8, 4) is 0 Å². The standard InChI is InChI=1S/C12H25NO3S/c1-11(2,3)13-9(14)7-8(10(15)16)17-12(4,5)6/h8,10,15-16H,7H2,1-6H3,(H,13,14). The van der Waals surface area contributed by atoms with E-state index in [0.29, 0.717) is 0 Å². The molecule has 1 amide bonds. The predicted octanol–water partition coefficient (Wildman–Crippen LogP) is 1.50. The number of rotatable bonds is 4. The number of aliphatic hydroxyl groups excluding tert-OH is 1. The summed E-state index contributed by atoms with van der Waals surface area (Å²) in [6.45, 7) is 11.6. The number of thioether (sulfide) groups is 1. The number of amides is 1. The van der Waals surface area contributed by atoms with Crippen LogP contribution in [0.15, 0.2) is 0 Å². The van der Waals surface area contributed by atoms with Gasteiger partial charge in [-0.3, -0.25) is 4.79 Å². The van der Waals surface area contributed by atoms with E-state index >= 15 is 0 Å². The molecule has 0 saturated heterocycles. The van der Waals surface area contributed by atoms with Crippen molar-refractivity contribution in [3.05, 3.63) is 0 Å². The van der Waals surface area contributed by atoms with Crippen LogP contribution in [-0.2, 0) is 4.79 Å². The minimum atomic E-state index is -1.48. The molecule has 0 rings (SSSR count). The van der Waals surface area contributed by atoms with E-state index in [1.807, 2.05) is 41.5 Å². The van der Waals surface area contributed by atoms with Gasteiger partial charge < -0.3 is 15.5 Å². The Morgan fingerprint density at radius 1 is 1.18 bits per heavy atom. The van der Waals surface area contributed by atoms with Gasteiger partial charge in [0.15, 0.2) is 6.29 Å². The molecule has 0 aromatic carbocycles. The van der Waals surface area contributed by atoms with Crippen molar-refractivity contribution in [2.75, 3.05) is 0 Å². The Hall–Kier alpha value is -0.260. The minimum Gasteiger partial charge on any atom is -0.367 e. The third-order valence-corrected chi connectivity index (χ3v) is 3.16. The number of carbonyl (C=O) groups is 1. The summed E-state index contributed by atoms with van der Waals surface area (Å²) in [5.74, 6) is -0.160. The zero-order valence-electron chi connectivity index (χ0n) is 11.6. The van der Waals surface area contributed by atoms with Gasteiger partial charge in [0.05, 0.1) is 5.25 Å². The smallest absolute Gasteiger partial charge is 0.221 e. The maximum Gasteiger partial charge on any atom is 0.221 e. The van der Waals surface area contributed by atoms with Gasteiger partial charge in [0, 0.05) is 16.7 Å². The molecule has 5 heteroatoms. The first-order valence-electron chi connectivity index (χ1n) is 5.76. The lowest BCUT2D eigenvalue weighted by Crippen LogP contribution is -2.43. The molecule has 0 aliphatic heterocycles. The molecule has 3 N–H and O–H groups in total. The molecular weight excluding hydrogens is 238 g/mol. The highest BCUT2D eigenvalue weighted by Gasteiger charge is 2.27. The zero-order chi connectivity index (χ0) is 13.9. The summed E-state index contributed by atoms with van der Waals surface area (Å²) < 4.78 is -0.115. The van der Waals surface area contributed by atoms with Gasteiger partial charge in [-0.15, -0.1) is 11.8 Å². The van der Waals surface area contributed by atoms with Crippen molar-refractivity contribution >= 4 is 17.7 Å². The monoisotopic (exact) mass is 263 g/mol. The first kappa shape index (κ1) is 16.7. The van der Waals surface area contributed by atoms with Gasteiger partial charge in [0.1, 0.15) is 0 Å². The summed E-state index contributed by atoms with van der Waals surface area (Å²) in [4.78, 5) is 11.7. The molecule has 0 heterocycles. The second kappa shape index (κ2) is 6.07.